The summed E-state index contributed by atoms with van der Waals surface area (Å²) in [6, 6.07) is 36.6. The molecule has 198 valence electrons. The highest BCUT2D eigenvalue weighted by molar-refractivity contribution is 6.31. The van der Waals surface area contributed by atoms with E-state index in [0.717, 1.165) is 26.2 Å². The van der Waals surface area contributed by atoms with Crippen LogP contribution in [0.25, 0.3) is 54.6 Å². The number of piperidine rings is 2. The van der Waals surface area contributed by atoms with E-state index in [4.69, 9.17) is 0 Å². The summed E-state index contributed by atoms with van der Waals surface area (Å²) in [6.45, 7) is 4.64. The largest absolute Gasteiger partial charge is 0.371 e. The molecule has 2 aliphatic heterocycles. The molecular formula is C38H36N2. The summed E-state index contributed by atoms with van der Waals surface area (Å²) in [7, 11) is 0. The topological polar surface area (TPSA) is 6.48 Å². The minimum Gasteiger partial charge on any atom is -0.371 e. The quantitative estimate of drug-likeness (QED) is 0.213. The van der Waals surface area contributed by atoms with Gasteiger partial charge in [0.1, 0.15) is 0 Å². The first-order valence-corrected chi connectivity index (χ1v) is 15.3. The van der Waals surface area contributed by atoms with E-state index in [-0.39, 0.29) is 0 Å². The highest BCUT2D eigenvalue weighted by atomic mass is 15.2. The molecule has 2 saturated heterocycles. The van der Waals surface area contributed by atoms with Crippen LogP contribution in [0.5, 0.6) is 0 Å². The molecule has 6 aromatic rings. The molecule has 0 N–H and O–H groups in total. The molecule has 0 aromatic heterocycles. The Hall–Kier alpha value is -4.04. The molecule has 40 heavy (non-hydrogen) atoms. The molecule has 2 nitrogen and oxygen atoms in total. The van der Waals surface area contributed by atoms with Gasteiger partial charge in [-0.1, -0.05) is 84.9 Å². The second kappa shape index (κ2) is 9.86. The van der Waals surface area contributed by atoms with Gasteiger partial charge in [0.2, 0.25) is 0 Å². The van der Waals surface area contributed by atoms with Crippen molar-refractivity contribution in [2.45, 2.75) is 38.5 Å². The van der Waals surface area contributed by atoms with Crippen molar-refractivity contribution in [2.24, 2.45) is 0 Å². The standard InChI is InChI=1S/C38H36N2/c1-5-13-27(14-6-1)33-25-34(28-15-7-2-8-16-28)30-18-20-32-36(40-23-11-4-12-24-40)26-35(39-21-9-3-10-22-39)31-19-17-29(33)37(30)38(31)32/h1-2,5-8,13-20,25-26H,3-4,9-12,21-24H2. The van der Waals surface area contributed by atoms with Crippen molar-refractivity contribution in [3.05, 3.63) is 97.1 Å². The highest BCUT2D eigenvalue weighted by Crippen LogP contribution is 2.48. The molecule has 0 unspecified atom stereocenters. The van der Waals surface area contributed by atoms with Crippen LogP contribution < -0.4 is 9.80 Å². The molecular weight excluding hydrogens is 484 g/mol. The van der Waals surface area contributed by atoms with E-state index in [1.807, 2.05) is 0 Å². The predicted molar refractivity (Wildman–Crippen MR) is 173 cm³/mol. The maximum atomic E-state index is 2.68. The third kappa shape index (κ3) is 3.84. The van der Waals surface area contributed by atoms with E-state index in [0.29, 0.717) is 0 Å². The first-order valence-electron chi connectivity index (χ1n) is 15.3. The minimum absolute atomic E-state index is 1.16. The van der Waals surface area contributed by atoms with Gasteiger partial charge in [0.25, 0.3) is 0 Å². The van der Waals surface area contributed by atoms with E-state index in [2.05, 4.69) is 107 Å². The van der Waals surface area contributed by atoms with Crippen molar-refractivity contribution in [3.63, 3.8) is 0 Å². The maximum Gasteiger partial charge on any atom is 0.0467 e. The van der Waals surface area contributed by atoms with E-state index in [1.165, 1.54) is 104 Å². The summed E-state index contributed by atoms with van der Waals surface area (Å²) in [5.74, 6) is 0. The first-order chi connectivity index (χ1) is 19.9. The lowest BCUT2D eigenvalue weighted by Gasteiger charge is -2.35. The molecule has 6 aromatic carbocycles. The van der Waals surface area contributed by atoms with Gasteiger partial charge in [0.05, 0.1) is 0 Å². The molecule has 2 heterocycles. The van der Waals surface area contributed by atoms with Crippen LogP contribution in [-0.2, 0) is 0 Å². The normalized spacial score (nSPS) is 16.4. The zero-order valence-electron chi connectivity index (χ0n) is 23.2. The number of hydrogen-bond donors (Lipinski definition) is 0. The Bertz CT molecular complexity index is 1670. The molecule has 2 heteroatoms. The van der Waals surface area contributed by atoms with E-state index in [9.17, 15) is 0 Å². The molecule has 8 rings (SSSR count). The van der Waals surface area contributed by atoms with E-state index < -0.39 is 0 Å². The maximum absolute atomic E-state index is 2.68. The Morgan fingerprint density at radius 2 is 0.775 bits per heavy atom. The van der Waals surface area contributed by atoms with Crippen LogP contribution in [0.3, 0.4) is 0 Å². The Labute approximate surface area is 237 Å². The lowest BCUT2D eigenvalue weighted by molar-refractivity contribution is 0.575. The van der Waals surface area contributed by atoms with E-state index in [1.54, 1.807) is 0 Å². The third-order valence-corrected chi connectivity index (χ3v) is 9.42. The summed E-state index contributed by atoms with van der Waals surface area (Å²) in [4.78, 5) is 5.36. The molecule has 0 spiro atoms. The first kappa shape index (κ1) is 23.8. The number of rotatable bonds is 4. The van der Waals surface area contributed by atoms with Gasteiger partial charge in [-0.15, -0.1) is 0 Å². The molecule has 0 aliphatic carbocycles. The monoisotopic (exact) mass is 520 g/mol. The van der Waals surface area contributed by atoms with Crippen molar-refractivity contribution >= 4 is 43.7 Å². The van der Waals surface area contributed by atoms with Crippen LogP contribution in [0.15, 0.2) is 97.1 Å². The average molecular weight is 521 g/mol. The molecule has 2 fully saturated rings. The fraction of sp³-hybridized carbons (Fsp3) is 0.263. The number of benzene rings is 6. The fourth-order valence-corrected chi connectivity index (χ4v) is 7.46. The van der Waals surface area contributed by atoms with Gasteiger partial charge >= 0.3 is 0 Å². The van der Waals surface area contributed by atoms with Gasteiger partial charge in [-0.3, -0.25) is 0 Å². The van der Waals surface area contributed by atoms with Crippen LogP contribution >= 0.6 is 0 Å². The summed E-state index contributed by atoms with van der Waals surface area (Å²) >= 11 is 0. The number of nitrogens with zero attached hydrogens (tertiary/aromatic N) is 2. The zero-order valence-corrected chi connectivity index (χ0v) is 23.2. The third-order valence-electron chi connectivity index (χ3n) is 9.42. The van der Waals surface area contributed by atoms with Crippen LogP contribution in [0, 0.1) is 0 Å². The van der Waals surface area contributed by atoms with Crippen molar-refractivity contribution in [2.75, 3.05) is 36.0 Å². The van der Waals surface area contributed by atoms with Crippen molar-refractivity contribution in [3.8, 4) is 22.3 Å². The van der Waals surface area contributed by atoms with Crippen molar-refractivity contribution < 1.29 is 0 Å². The lowest BCUT2D eigenvalue weighted by atomic mass is 9.84. The van der Waals surface area contributed by atoms with E-state index >= 15 is 0 Å². The Kier molecular flexibility index (Phi) is 5.87. The van der Waals surface area contributed by atoms with Crippen molar-refractivity contribution in [1.82, 2.24) is 0 Å². The lowest BCUT2D eigenvalue weighted by Crippen LogP contribution is -2.32. The predicted octanol–water partition coefficient (Wildman–Crippen LogP) is 9.90. The smallest absolute Gasteiger partial charge is 0.0467 e. The van der Waals surface area contributed by atoms with Crippen LogP contribution in [0.1, 0.15) is 38.5 Å². The van der Waals surface area contributed by atoms with Gasteiger partial charge in [0.15, 0.2) is 0 Å². The summed E-state index contributed by atoms with van der Waals surface area (Å²) < 4.78 is 0. The van der Waals surface area contributed by atoms with Gasteiger partial charge in [0, 0.05) is 53.7 Å². The number of hydrogen-bond acceptors (Lipinski definition) is 2. The van der Waals surface area contributed by atoms with Gasteiger partial charge < -0.3 is 9.80 Å². The SMILES string of the molecule is c1ccc(-c2cc(-c3ccccc3)c3ccc4c(N5CCCCC5)cc(N5CCCCC5)c5ccc2c3c54)cc1. The van der Waals surface area contributed by atoms with Gasteiger partial charge in [-0.2, -0.15) is 0 Å². The summed E-state index contributed by atoms with van der Waals surface area (Å²) in [5, 5.41) is 8.43. The fourth-order valence-electron chi connectivity index (χ4n) is 7.46. The number of anilines is 2. The Morgan fingerprint density at radius 3 is 1.23 bits per heavy atom. The molecule has 0 radical (unpaired) electrons. The molecule has 0 amide bonds. The van der Waals surface area contributed by atoms with Crippen molar-refractivity contribution in [1.29, 1.82) is 0 Å². The Morgan fingerprint density at radius 1 is 0.375 bits per heavy atom. The van der Waals surface area contributed by atoms with Crippen LogP contribution in [-0.4, -0.2) is 26.2 Å². The molecule has 0 saturated carbocycles. The summed E-state index contributed by atoms with van der Waals surface area (Å²) in [6.07, 6.45) is 7.85. The molecule has 0 atom stereocenters. The molecule has 2 aliphatic rings. The highest BCUT2D eigenvalue weighted by Gasteiger charge is 2.24. The Balaban J connectivity index is 1.51. The van der Waals surface area contributed by atoms with Crippen LogP contribution in [0.4, 0.5) is 11.4 Å². The second-order valence-electron chi connectivity index (χ2n) is 11.8. The second-order valence-corrected chi connectivity index (χ2v) is 11.8. The zero-order chi connectivity index (χ0) is 26.5. The van der Waals surface area contributed by atoms with Crippen LogP contribution in [0.2, 0.25) is 0 Å². The van der Waals surface area contributed by atoms with Gasteiger partial charge in [-0.25, -0.2) is 0 Å². The minimum atomic E-state index is 1.16. The van der Waals surface area contributed by atoms with Gasteiger partial charge in [-0.05, 0) is 89.1 Å². The average Bonchev–Trinajstić information content (AvgIpc) is 3.04. The molecule has 0 bridgehead atoms. The summed E-state index contributed by atoms with van der Waals surface area (Å²) in [5.41, 5.74) is 8.09.